The zero-order chi connectivity index (χ0) is 33.2. The second-order valence-electron chi connectivity index (χ2n) is 12.7. The van der Waals surface area contributed by atoms with Crippen LogP contribution in [0.4, 0.5) is 0 Å². The van der Waals surface area contributed by atoms with Crippen molar-refractivity contribution < 1.29 is 0 Å². The largest absolute Gasteiger partial charge is 0.337 e. The molecule has 2 N–H and O–H groups in total. The minimum absolute atomic E-state index is 0.498. The lowest BCUT2D eigenvalue weighted by Gasteiger charge is -2.14. The Kier molecular flexibility index (Phi) is 9.31. The Morgan fingerprint density at radius 1 is 0.653 bits per heavy atom. The van der Waals surface area contributed by atoms with Gasteiger partial charge in [-0.2, -0.15) is 0 Å². The van der Waals surface area contributed by atoms with E-state index in [2.05, 4.69) is 42.9 Å². The summed E-state index contributed by atoms with van der Waals surface area (Å²) in [5.74, 6) is 3.09. The van der Waals surface area contributed by atoms with Crippen molar-refractivity contribution >= 4 is 45.9 Å². The molecule has 6 heterocycles. The van der Waals surface area contributed by atoms with Gasteiger partial charge in [-0.25, -0.2) is 19.9 Å². The SMILES string of the molecule is CCCn1c(SCSc2nc(=NCc3ccncc3)c3[nH]c(C4CC4)nc3n2CCC)nc(=NCc2ccncc2)c2[nH]c(C3CC3)nc21. The van der Waals surface area contributed by atoms with Gasteiger partial charge in [-0.15, -0.1) is 0 Å². The number of pyridine rings is 2. The van der Waals surface area contributed by atoms with Gasteiger partial charge in [0.2, 0.25) is 0 Å². The molecule has 0 spiro atoms. The Hall–Kier alpha value is -4.30. The molecule has 252 valence electrons. The average Bonchev–Trinajstić information content (AvgIpc) is 4.07. The number of hydrogen-bond acceptors (Lipinski definition) is 10. The molecule has 14 heteroatoms. The van der Waals surface area contributed by atoms with E-state index >= 15 is 0 Å². The van der Waals surface area contributed by atoms with Crippen LogP contribution in [0.2, 0.25) is 0 Å². The standard InChI is InChI=1S/C35H40N12S2/c1-3-17-46-32-26(40-28(42-32)24-5-6-24)30(38-19-22-9-13-36-14-10-22)44-34(46)48-21-49-35-45-31(39-20-23-11-15-37-16-12-23)27-33(47(35)18-4-2)43-29(41-27)25-7-8-25/h9-16,24-25H,3-8,17-21H2,1-2H3,(H,40,42)(H,41,43). The van der Waals surface area contributed by atoms with Crippen molar-refractivity contribution in [1.82, 2.24) is 49.0 Å². The van der Waals surface area contributed by atoms with E-state index in [0.717, 1.165) is 81.3 Å². The van der Waals surface area contributed by atoms with Crippen LogP contribution in [0.5, 0.6) is 0 Å². The summed E-state index contributed by atoms with van der Waals surface area (Å²) in [5, 5.41) is 2.52. The molecule has 0 radical (unpaired) electrons. The summed E-state index contributed by atoms with van der Waals surface area (Å²) in [6.07, 6.45) is 13.9. The van der Waals surface area contributed by atoms with Gasteiger partial charge >= 0.3 is 0 Å². The minimum Gasteiger partial charge on any atom is -0.337 e. The number of thioether (sulfide) groups is 2. The maximum absolute atomic E-state index is 5.17. The summed E-state index contributed by atoms with van der Waals surface area (Å²) < 4.78 is 4.52. The van der Waals surface area contributed by atoms with Crippen molar-refractivity contribution in [2.45, 2.75) is 101 Å². The molecule has 12 nitrogen and oxygen atoms in total. The van der Waals surface area contributed by atoms with Crippen LogP contribution in [0.25, 0.3) is 22.3 Å². The summed E-state index contributed by atoms with van der Waals surface area (Å²) >= 11 is 3.41. The van der Waals surface area contributed by atoms with Crippen LogP contribution in [-0.2, 0) is 26.2 Å². The maximum atomic E-state index is 5.17. The monoisotopic (exact) mass is 692 g/mol. The Morgan fingerprint density at radius 2 is 1.08 bits per heavy atom. The number of nitrogens with one attached hydrogen (secondary N) is 2. The van der Waals surface area contributed by atoms with Gasteiger partial charge in [0.05, 0.1) is 18.2 Å². The number of rotatable bonds is 14. The summed E-state index contributed by atoms with van der Waals surface area (Å²) in [5.41, 5.74) is 7.29. The molecule has 2 aliphatic carbocycles. The fourth-order valence-electron chi connectivity index (χ4n) is 5.90. The van der Waals surface area contributed by atoms with Gasteiger partial charge in [0.1, 0.15) is 22.7 Å². The fraction of sp³-hybridized carbons (Fsp3) is 0.429. The number of aromatic amines is 2. The number of fused-ring (bicyclic) bond motifs is 2. The molecule has 2 saturated carbocycles. The van der Waals surface area contributed by atoms with Crippen molar-refractivity contribution in [3.63, 3.8) is 0 Å². The van der Waals surface area contributed by atoms with Gasteiger partial charge in [-0.05, 0) is 73.9 Å². The van der Waals surface area contributed by atoms with Crippen LogP contribution in [0.1, 0.15) is 87.0 Å². The fourth-order valence-corrected chi connectivity index (χ4v) is 7.95. The highest BCUT2D eigenvalue weighted by Gasteiger charge is 2.29. The van der Waals surface area contributed by atoms with Crippen LogP contribution in [-0.4, -0.2) is 54.1 Å². The molecule has 0 amide bonds. The highest BCUT2D eigenvalue weighted by atomic mass is 32.2. The van der Waals surface area contributed by atoms with Crippen LogP contribution in [0, 0.1) is 0 Å². The topological polar surface area (TPSA) is 144 Å². The molecule has 2 fully saturated rings. The molecule has 0 aliphatic heterocycles. The summed E-state index contributed by atoms with van der Waals surface area (Å²) in [6, 6.07) is 7.98. The molecule has 49 heavy (non-hydrogen) atoms. The van der Waals surface area contributed by atoms with Crippen molar-refractivity contribution in [2.75, 3.05) is 5.08 Å². The first kappa shape index (κ1) is 31.9. The van der Waals surface area contributed by atoms with Crippen molar-refractivity contribution in [2.24, 2.45) is 9.98 Å². The second kappa shape index (κ2) is 14.3. The zero-order valence-electron chi connectivity index (χ0n) is 27.8. The minimum atomic E-state index is 0.498. The molecule has 6 aromatic heterocycles. The highest BCUT2D eigenvalue weighted by Crippen LogP contribution is 2.40. The number of H-pyrrole nitrogens is 2. The van der Waals surface area contributed by atoms with E-state index in [1.165, 1.54) is 25.7 Å². The first-order valence-corrected chi connectivity index (χ1v) is 19.2. The predicted molar refractivity (Wildman–Crippen MR) is 192 cm³/mol. The summed E-state index contributed by atoms with van der Waals surface area (Å²) in [4.78, 5) is 46.1. The van der Waals surface area contributed by atoms with Crippen LogP contribution in [0.15, 0.2) is 69.4 Å². The normalized spacial score (nSPS) is 15.6. The smallest absolute Gasteiger partial charge is 0.178 e. The molecule has 6 aromatic rings. The Morgan fingerprint density at radius 3 is 1.47 bits per heavy atom. The third-order valence-electron chi connectivity index (χ3n) is 8.75. The molecule has 2 aliphatic rings. The number of hydrogen-bond donors (Lipinski definition) is 2. The van der Waals surface area contributed by atoms with Gasteiger partial charge in [0.15, 0.2) is 32.6 Å². The first-order chi connectivity index (χ1) is 24.2. The van der Waals surface area contributed by atoms with E-state index in [-0.39, 0.29) is 0 Å². The summed E-state index contributed by atoms with van der Waals surface area (Å²) in [6.45, 7) is 7.09. The zero-order valence-corrected chi connectivity index (χ0v) is 29.5. The van der Waals surface area contributed by atoms with Crippen molar-refractivity contribution in [3.05, 3.63) is 82.8 Å². The molecule has 0 atom stereocenters. The van der Waals surface area contributed by atoms with E-state index < -0.39 is 0 Å². The molecule has 8 rings (SSSR count). The third kappa shape index (κ3) is 7.07. The van der Waals surface area contributed by atoms with Gasteiger partial charge in [-0.3, -0.25) is 20.0 Å². The van der Waals surface area contributed by atoms with Crippen molar-refractivity contribution in [3.8, 4) is 0 Å². The van der Waals surface area contributed by atoms with Crippen LogP contribution in [0.3, 0.4) is 0 Å². The van der Waals surface area contributed by atoms with E-state index in [9.17, 15) is 0 Å². The van der Waals surface area contributed by atoms with E-state index in [4.69, 9.17) is 29.9 Å². The van der Waals surface area contributed by atoms with Crippen molar-refractivity contribution in [1.29, 1.82) is 0 Å². The van der Waals surface area contributed by atoms with Gasteiger partial charge in [0, 0.05) is 49.7 Å². The van der Waals surface area contributed by atoms with Gasteiger partial charge in [0.25, 0.3) is 0 Å². The molecule has 0 saturated heterocycles. The van der Waals surface area contributed by atoms with E-state index in [0.29, 0.717) is 41.0 Å². The Balaban J connectivity index is 1.15. The Bertz CT molecular complexity index is 2050. The van der Waals surface area contributed by atoms with E-state index in [1.54, 1.807) is 48.3 Å². The van der Waals surface area contributed by atoms with Crippen LogP contribution < -0.4 is 11.0 Å². The average molecular weight is 693 g/mol. The number of imidazole rings is 2. The predicted octanol–water partition coefficient (Wildman–Crippen LogP) is 6.24. The summed E-state index contributed by atoms with van der Waals surface area (Å²) in [7, 11) is 0. The molecule has 0 unspecified atom stereocenters. The quantitative estimate of drug-likeness (QED) is 0.0776. The number of aryl methyl sites for hydroxylation is 2. The second-order valence-corrected chi connectivity index (χ2v) is 14.9. The molecular weight excluding hydrogens is 653 g/mol. The highest BCUT2D eigenvalue weighted by molar-refractivity contribution is 8.15. The van der Waals surface area contributed by atoms with E-state index in [1.807, 2.05) is 24.3 Å². The molecule has 0 bridgehead atoms. The Labute approximate surface area is 292 Å². The first-order valence-electron chi connectivity index (χ1n) is 17.2. The molecule has 0 aromatic carbocycles. The lowest BCUT2D eigenvalue weighted by atomic mass is 10.3. The number of nitrogens with zero attached hydrogens (tertiary/aromatic N) is 10. The van der Waals surface area contributed by atoms with Crippen LogP contribution >= 0.6 is 23.5 Å². The maximum Gasteiger partial charge on any atom is 0.178 e. The van der Waals surface area contributed by atoms with Gasteiger partial charge in [-0.1, -0.05) is 37.4 Å². The number of aromatic nitrogens is 10. The lowest BCUT2D eigenvalue weighted by Crippen LogP contribution is -2.19. The molecular formula is C35H40N12S2. The van der Waals surface area contributed by atoms with Gasteiger partial charge < -0.3 is 19.1 Å². The third-order valence-corrected chi connectivity index (χ3v) is 10.8. The lowest BCUT2D eigenvalue weighted by molar-refractivity contribution is 0.608.